The predicted octanol–water partition coefficient (Wildman–Crippen LogP) is 2.32. The Balaban J connectivity index is 3.24. The number of hydrogen-bond donors (Lipinski definition) is 0. The normalized spacial score (nSPS) is 9.67. The molecule has 0 aliphatic rings. The Morgan fingerprint density at radius 3 is 2.17 bits per heavy atom. The van der Waals surface area contributed by atoms with Gasteiger partial charge in [0.1, 0.15) is 11.5 Å². The van der Waals surface area contributed by atoms with Crippen LogP contribution >= 0.6 is 0 Å². The molecule has 1 aromatic carbocycles. The summed E-state index contributed by atoms with van der Waals surface area (Å²) < 4.78 is 10.4. The lowest BCUT2D eigenvalue weighted by molar-refractivity contribution is 0.387. The minimum absolute atomic E-state index is 0.873. The third-order valence-corrected chi connectivity index (χ3v) is 1.98. The maximum absolute atomic E-state index is 5.24. The van der Waals surface area contributed by atoms with Gasteiger partial charge in [-0.05, 0) is 25.5 Å². The molecule has 0 N–H and O–H groups in total. The molecule has 0 aromatic heterocycles. The van der Waals surface area contributed by atoms with Gasteiger partial charge in [-0.15, -0.1) is 0 Å². The van der Waals surface area contributed by atoms with Crippen LogP contribution in [0.1, 0.15) is 11.1 Å². The highest BCUT2D eigenvalue weighted by Gasteiger charge is 2.06. The quantitative estimate of drug-likeness (QED) is 0.671. The van der Waals surface area contributed by atoms with Crippen LogP contribution in [0.3, 0.4) is 0 Å². The molecule has 0 atom stereocenters. The number of aryl methyl sites for hydroxylation is 1. The summed E-state index contributed by atoms with van der Waals surface area (Å²) in [4.78, 5) is 0. The first-order valence-corrected chi connectivity index (χ1v) is 3.89. The fraction of sp³-hybridized carbons (Fsp3) is 0.400. The zero-order chi connectivity index (χ0) is 9.14. The second-order valence-electron chi connectivity index (χ2n) is 2.74. The van der Waals surface area contributed by atoms with E-state index in [2.05, 4.69) is 0 Å². The Morgan fingerprint density at radius 1 is 1.00 bits per heavy atom. The average Bonchev–Trinajstić information content (AvgIpc) is 2.06. The second kappa shape index (κ2) is 3.48. The van der Waals surface area contributed by atoms with E-state index in [0.717, 1.165) is 22.6 Å². The standard InChI is InChI=1S/C10H14O2/c1-7-5-6-9(11-3)8(2)10(7)12-4/h5-6H,1-4H3. The Morgan fingerprint density at radius 2 is 1.67 bits per heavy atom. The van der Waals surface area contributed by atoms with Gasteiger partial charge in [0.25, 0.3) is 0 Å². The van der Waals surface area contributed by atoms with Crippen LogP contribution in [0.25, 0.3) is 0 Å². The number of methoxy groups -OCH3 is 2. The van der Waals surface area contributed by atoms with Crippen molar-refractivity contribution >= 4 is 0 Å². The van der Waals surface area contributed by atoms with E-state index in [0.29, 0.717) is 0 Å². The van der Waals surface area contributed by atoms with Crippen molar-refractivity contribution < 1.29 is 9.47 Å². The second-order valence-corrected chi connectivity index (χ2v) is 2.74. The number of rotatable bonds is 2. The molecule has 12 heavy (non-hydrogen) atoms. The van der Waals surface area contributed by atoms with Crippen molar-refractivity contribution in [3.63, 3.8) is 0 Å². The molecule has 0 spiro atoms. The average molecular weight is 166 g/mol. The summed E-state index contributed by atoms with van der Waals surface area (Å²) in [5.74, 6) is 1.78. The van der Waals surface area contributed by atoms with Crippen LogP contribution in [0, 0.1) is 13.8 Å². The van der Waals surface area contributed by atoms with E-state index in [4.69, 9.17) is 9.47 Å². The van der Waals surface area contributed by atoms with E-state index in [9.17, 15) is 0 Å². The third-order valence-electron chi connectivity index (χ3n) is 1.98. The summed E-state index contributed by atoms with van der Waals surface area (Å²) in [7, 11) is 3.34. The first kappa shape index (κ1) is 8.91. The number of benzene rings is 1. The molecule has 0 radical (unpaired) electrons. The fourth-order valence-electron chi connectivity index (χ4n) is 1.34. The maximum Gasteiger partial charge on any atom is 0.128 e. The zero-order valence-electron chi connectivity index (χ0n) is 7.97. The summed E-state index contributed by atoms with van der Waals surface area (Å²) in [5.41, 5.74) is 2.19. The number of ether oxygens (including phenoxy) is 2. The Hall–Kier alpha value is -1.18. The van der Waals surface area contributed by atoms with Gasteiger partial charge in [0.15, 0.2) is 0 Å². The van der Waals surface area contributed by atoms with E-state index in [-0.39, 0.29) is 0 Å². The monoisotopic (exact) mass is 166 g/mol. The van der Waals surface area contributed by atoms with Crippen molar-refractivity contribution in [3.05, 3.63) is 23.3 Å². The van der Waals surface area contributed by atoms with Gasteiger partial charge in [-0.3, -0.25) is 0 Å². The number of hydrogen-bond acceptors (Lipinski definition) is 2. The molecule has 0 saturated carbocycles. The van der Waals surface area contributed by atoms with Crippen molar-refractivity contribution in [1.29, 1.82) is 0 Å². The van der Waals surface area contributed by atoms with Crippen LogP contribution < -0.4 is 9.47 Å². The Bertz CT molecular complexity index is 279. The molecule has 0 fully saturated rings. The van der Waals surface area contributed by atoms with Gasteiger partial charge in [0.2, 0.25) is 0 Å². The van der Waals surface area contributed by atoms with Crippen LogP contribution in [-0.2, 0) is 0 Å². The Kier molecular flexibility index (Phi) is 2.58. The highest BCUT2D eigenvalue weighted by Crippen LogP contribution is 2.30. The zero-order valence-corrected chi connectivity index (χ0v) is 7.97. The smallest absolute Gasteiger partial charge is 0.128 e. The summed E-state index contributed by atoms with van der Waals surface area (Å²) >= 11 is 0. The van der Waals surface area contributed by atoms with Crippen LogP contribution in [-0.4, -0.2) is 14.2 Å². The molecule has 0 unspecified atom stereocenters. The molecule has 1 rings (SSSR count). The molecule has 0 amide bonds. The molecule has 0 saturated heterocycles. The summed E-state index contributed by atoms with van der Waals surface area (Å²) in [6.45, 7) is 4.01. The molecule has 2 heteroatoms. The van der Waals surface area contributed by atoms with Crippen LogP contribution in [0.5, 0.6) is 11.5 Å². The largest absolute Gasteiger partial charge is 0.496 e. The lowest BCUT2D eigenvalue weighted by atomic mass is 10.1. The summed E-state index contributed by atoms with van der Waals surface area (Å²) in [5, 5.41) is 0. The van der Waals surface area contributed by atoms with Crippen molar-refractivity contribution in [2.75, 3.05) is 14.2 Å². The molecule has 66 valence electrons. The molecular weight excluding hydrogens is 152 g/mol. The van der Waals surface area contributed by atoms with Crippen molar-refractivity contribution in [1.82, 2.24) is 0 Å². The van der Waals surface area contributed by atoms with E-state index >= 15 is 0 Å². The van der Waals surface area contributed by atoms with Crippen LogP contribution in [0.15, 0.2) is 12.1 Å². The minimum atomic E-state index is 0.873. The van der Waals surface area contributed by atoms with Gasteiger partial charge < -0.3 is 9.47 Å². The summed E-state index contributed by atoms with van der Waals surface area (Å²) in [6.07, 6.45) is 0. The van der Waals surface area contributed by atoms with E-state index in [1.54, 1.807) is 14.2 Å². The topological polar surface area (TPSA) is 18.5 Å². The van der Waals surface area contributed by atoms with Gasteiger partial charge in [-0.1, -0.05) is 6.07 Å². The highest BCUT2D eigenvalue weighted by molar-refractivity contribution is 5.48. The highest BCUT2D eigenvalue weighted by atomic mass is 16.5. The maximum atomic E-state index is 5.24. The van der Waals surface area contributed by atoms with Crippen molar-refractivity contribution in [2.24, 2.45) is 0 Å². The van der Waals surface area contributed by atoms with Crippen molar-refractivity contribution in [3.8, 4) is 11.5 Å². The first-order valence-electron chi connectivity index (χ1n) is 3.89. The Labute approximate surface area is 73.1 Å². The van der Waals surface area contributed by atoms with Gasteiger partial charge >= 0.3 is 0 Å². The van der Waals surface area contributed by atoms with Crippen molar-refractivity contribution in [2.45, 2.75) is 13.8 Å². The van der Waals surface area contributed by atoms with E-state index in [1.165, 1.54) is 0 Å². The van der Waals surface area contributed by atoms with Crippen LogP contribution in [0.2, 0.25) is 0 Å². The lowest BCUT2D eigenvalue weighted by Crippen LogP contribution is -1.94. The third kappa shape index (κ3) is 1.37. The predicted molar refractivity (Wildman–Crippen MR) is 49.0 cm³/mol. The molecule has 0 aliphatic carbocycles. The molecule has 0 aliphatic heterocycles. The van der Waals surface area contributed by atoms with Gasteiger partial charge in [0, 0.05) is 5.56 Å². The van der Waals surface area contributed by atoms with Crippen LogP contribution in [0.4, 0.5) is 0 Å². The molecule has 0 heterocycles. The lowest BCUT2D eigenvalue weighted by Gasteiger charge is -2.11. The van der Waals surface area contributed by atoms with Gasteiger partial charge in [-0.25, -0.2) is 0 Å². The first-order chi connectivity index (χ1) is 5.70. The SMILES string of the molecule is COc1ccc(C)c(OC)c1C. The van der Waals surface area contributed by atoms with E-state index < -0.39 is 0 Å². The molecule has 1 aromatic rings. The van der Waals surface area contributed by atoms with E-state index in [1.807, 2.05) is 26.0 Å². The van der Waals surface area contributed by atoms with Gasteiger partial charge in [0.05, 0.1) is 14.2 Å². The summed E-state index contributed by atoms with van der Waals surface area (Å²) in [6, 6.07) is 3.94. The molecule has 2 nitrogen and oxygen atoms in total. The fourth-order valence-corrected chi connectivity index (χ4v) is 1.34. The molecule has 0 bridgehead atoms. The minimum Gasteiger partial charge on any atom is -0.496 e. The molecular formula is C10H14O2. The van der Waals surface area contributed by atoms with Gasteiger partial charge in [-0.2, -0.15) is 0 Å².